The number of ether oxygens (including phenoxy) is 3. The summed E-state index contributed by atoms with van der Waals surface area (Å²) in [5, 5.41) is 0. The van der Waals surface area contributed by atoms with Gasteiger partial charge < -0.3 is 14.2 Å². The molecule has 0 aromatic carbocycles. The van der Waals surface area contributed by atoms with Crippen molar-refractivity contribution in [3.63, 3.8) is 0 Å². The molecule has 0 aromatic heterocycles. The number of carbonyl (C=O) groups is 3. The van der Waals surface area contributed by atoms with Crippen LogP contribution in [0.3, 0.4) is 0 Å². The number of hydrogen-bond donors (Lipinski definition) is 0. The first-order valence-corrected chi connectivity index (χ1v) is 22.0. The van der Waals surface area contributed by atoms with Crippen LogP contribution in [0.2, 0.25) is 0 Å². The van der Waals surface area contributed by atoms with Crippen LogP contribution in [-0.2, 0) is 28.6 Å². The summed E-state index contributed by atoms with van der Waals surface area (Å²) in [6.07, 6.45) is 57.9. The average molecular weight is 775 g/mol. The van der Waals surface area contributed by atoms with Gasteiger partial charge in [0.2, 0.25) is 0 Å². The molecule has 0 N–H and O–H groups in total. The molecule has 1 atom stereocenters. The second-order valence-electron chi connectivity index (χ2n) is 14.0. The van der Waals surface area contributed by atoms with Crippen molar-refractivity contribution in [1.82, 2.24) is 0 Å². The van der Waals surface area contributed by atoms with Gasteiger partial charge in [0.15, 0.2) is 6.10 Å². The Bertz CT molecular complexity index is 1210. The van der Waals surface area contributed by atoms with E-state index in [-0.39, 0.29) is 37.5 Å². The third-order valence-electron chi connectivity index (χ3n) is 8.61. The summed E-state index contributed by atoms with van der Waals surface area (Å²) in [6, 6.07) is 0. The quantitative estimate of drug-likeness (QED) is 0.0206. The molecule has 0 saturated carbocycles. The minimum absolute atomic E-state index is 0.117. The minimum atomic E-state index is -0.818. The Hall–Kier alpha value is -3.93. The Balaban J connectivity index is 4.56. The summed E-state index contributed by atoms with van der Waals surface area (Å²) in [5.41, 5.74) is 0. The van der Waals surface area contributed by atoms with Gasteiger partial charge in [-0.25, -0.2) is 0 Å². The van der Waals surface area contributed by atoms with Crippen molar-refractivity contribution in [3.8, 4) is 0 Å². The number of esters is 3. The molecular formula is C50H78O6. The largest absolute Gasteiger partial charge is 0.462 e. The SMILES string of the molecule is CC\C=C/C=C\C=C/C=C\CCCCCC(=O)OC(COC(=O)CCCCC/C=C\C=C/CCCC)COC(=O)CCCCCC/C=C\C/C=C\C/C=C\CC. The van der Waals surface area contributed by atoms with E-state index >= 15 is 0 Å². The van der Waals surface area contributed by atoms with E-state index in [9.17, 15) is 14.4 Å². The fourth-order valence-corrected chi connectivity index (χ4v) is 5.32. The number of rotatable bonds is 37. The fourth-order valence-electron chi connectivity index (χ4n) is 5.32. The molecule has 56 heavy (non-hydrogen) atoms. The van der Waals surface area contributed by atoms with Crippen LogP contribution in [0.25, 0.3) is 0 Å². The summed E-state index contributed by atoms with van der Waals surface area (Å²) in [4.78, 5) is 37.7. The van der Waals surface area contributed by atoms with Crippen LogP contribution in [-0.4, -0.2) is 37.2 Å². The molecule has 0 aliphatic heterocycles. The lowest BCUT2D eigenvalue weighted by Gasteiger charge is -2.18. The Morgan fingerprint density at radius 1 is 0.393 bits per heavy atom. The molecule has 0 amide bonds. The van der Waals surface area contributed by atoms with E-state index in [1.165, 1.54) is 12.8 Å². The highest BCUT2D eigenvalue weighted by molar-refractivity contribution is 5.71. The first kappa shape index (κ1) is 52.1. The van der Waals surface area contributed by atoms with E-state index in [1.54, 1.807) is 0 Å². The van der Waals surface area contributed by atoms with Gasteiger partial charge >= 0.3 is 17.9 Å². The molecule has 0 spiro atoms. The van der Waals surface area contributed by atoms with Gasteiger partial charge in [-0.1, -0.05) is 169 Å². The van der Waals surface area contributed by atoms with Crippen molar-refractivity contribution < 1.29 is 28.6 Å². The second-order valence-corrected chi connectivity index (χ2v) is 14.0. The monoisotopic (exact) mass is 775 g/mol. The van der Waals surface area contributed by atoms with Gasteiger partial charge in [0.05, 0.1) is 0 Å². The molecule has 0 rings (SSSR count). The van der Waals surface area contributed by atoms with Crippen molar-refractivity contribution in [2.24, 2.45) is 0 Å². The maximum Gasteiger partial charge on any atom is 0.306 e. The molecule has 0 fully saturated rings. The number of carbonyl (C=O) groups excluding carboxylic acids is 3. The molecule has 0 aliphatic carbocycles. The predicted molar refractivity (Wildman–Crippen MR) is 237 cm³/mol. The zero-order valence-corrected chi connectivity index (χ0v) is 35.6. The Morgan fingerprint density at radius 2 is 0.786 bits per heavy atom. The summed E-state index contributed by atoms with van der Waals surface area (Å²) in [7, 11) is 0. The fraction of sp³-hybridized carbons (Fsp3) is 0.580. The van der Waals surface area contributed by atoms with Crippen molar-refractivity contribution in [3.05, 3.63) is 109 Å². The van der Waals surface area contributed by atoms with Crippen molar-refractivity contribution in [2.45, 2.75) is 175 Å². The highest BCUT2D eigenvalue weighted by Gasteiger charge is 2.19. The lowest BCUT2D eigenvalue weighted by molar-refractivity contribution is -0.167. The molecule has 0 radical (unpaired) electrons. The van der Waals surface area contributed by atoms with Gasteiger partial charge in [-0.3, -0.25) is 14.4 Å². The van der Waals surface area contributed by atoms with Crippen LogP contribution >= 0.6 is 0 Å². The van der Waals surface area contributed by atoms with E-state index in [1.807, 2.05) is 36.5 Å². The third kappa shape index (κ3) is 41.2. The van der Waals surface area contributed by atoms with Crippen LogP contribution in [0.1, 0.15) is 168 Å². The third-order valence-corrected chi connectivity index (χ3v) is 8.61. The van der Waals surface area contributed by atoms with Crippen LogP contribution in [0.4, 0.5) is 0 Å². The van der Waals surface area contributed by atoms with Crippen LogP contribution in [0.15, 0.2) is 109 Å². The highest BCUT2D eigenvalue weighted by atomic mass is 16.6. The summed E-state index contributed by atoms with van der Waals surface area (Å²) in [5.74, 6) is -1.02. The van der Waals surface area contributed by atoms with Crippen molar-refractivity contribution in [2.75, 3.05) is 13.2 Å². The standard InChI is InChI=1S/C50H78O6/c1-4-7-10-13-16-19-22-24-26-28-31-34-37-40-43-49(52)55-46-47(45-54-48(51)42-39-36-33-30-27-21-18-15-12-9-6-3)56-50(53)44-41-38-35-32-29-25-23-20-17-14-11-8-5-2/h7-8,10-11,14-21,23-27,29,47H,4-6,9,12-13,22,28,30-46H2,1-3H3/b10-7-,11-8-,17-14-,18-15-,19-16-,23-20-,26-24-,27-21-,29-25-. The highest BCUT2D eigenvalue weighted by Crippen LogP contribution is 2.11. The van der Waals surface area contributed by atoms with Gasteiger partial charge in [-0.15, -0.1) is 0 Å². The molecule has 1 unspecified atom stereocenters. The topological polar surface area (TPSA) is 78.9 Å². The Kier molecular flexibility index (Phi) is 40.7. The number of allylic oxidation sites excluding steroid dienone is 18. The van der Waals surface area contributed by atoms with Crippen molar-refractivity contribution >= 4 is 17.9 Å². The lowest BCUT2D eigenvalue weighted by Crippen LogP contribution is -2.30. The summed E-state index contributed by atoms with van der Waals surface area (Å²) >= 11 is 0. The molecule has 314 valence electrons. The molecule has 0 heterocycles. The summed E-state index contributed by atoms with van der Waals surface area (Å²) < 4.78 is 16.6. The van der Waals surface area contributed by atoms with Gasteiger partial charge in [0.1, 0.15) is 13.2 Å². The van der Waals surface area contributed by atoms with E-state index in [4.69, 9.17) is 14.2 Å². The molecule has 0 bridgehead atoms. The van der Waals surface area contributed by atoms with E-state index in [2.05, 4.69) is 93.7 Å². The summed E-state index contributed by atoms with van der Waals surface area (Å²) in [6.45, 7) is 6.21. The van der Waals surface area contributed by atoms with Gasteiger partial charge in [-0.05, 0) is 89.9 Å². The molecule has 0 saturated heterocycles. The zero-order chi connectivity index (χ0) is 40.8. The molecule has 0 aliphatic rings. The molecule has 0 aromatic rings. The molecule has 6 nitrogen and oxygen atoms in total. The first-order chi connectivity index (χ1) is 27.5. The van der Waals surface area contributed by atoms with Gasteiger partial charge in [0.25, 0.3) is 0 Å². The molecule has 6 heteroatoms. The van der Waals surface area contributed by atoms with Crippen LogP contribution in [0.5, 0.6) is 0 Å². The lowest BCUT2D eigenvalue weighted by atomic mass is 10.1. The predicted octanol–water partition coefficient (Wildman–Crippen LogP) is 14.0. The Labute approximate surface area is 342 Å². The van der Waals surface area contributed by atoms with Gasteiger partial charge in [0, 0.05) is 19.3 Å². The van der Waals surface area contributed by atoms with Crippen LogP contribution < -0.4 is 0 Å². The minimum Gasteiger partial charge on any atom is -0.462 e. The van der Waals surface area contributed by atoms with Gasteiger partial charge in [-0.2, -0.15) is 0 Å². The second kappa shape index (κ2) is 43.8. The van der Waals surface area contributed by atoms with E-state index in [0.717, 1.165) is 109 Å². The normalized spacial score (nSPS) is 13.1. The van der Waals surface area contributed by atoms with E-state index in [0.29, 0.717) is 19.3 Å². The first-order valence-electron chi connectivity index (χ1n) is 22.0. The van der Waals surface area contributed by atoms with Crippen LogP contribution in [0, 0.1) is 0 Å². The maximum absolute atomic E-state index is 12.7. The Morgan fingerprint density at radius 3 is 1.32 bits per heavy atom. The average Bonchev–Trinajstić information content (AvgIpc) is 3.19. The zero-order valence-electron chi connectivity index (χ0n) is 35.6. The molecular weight excluding hydrogens is 697 g/mol. The maximum atomic E-state index is 12.7. The number of unbranched alkanes of at least 4 members (excludes halogenated alkanes) is 12. The smallest absolute Gasteiger partial charge is 0.306 e. The van der Waals surface area contributed by atoms with Crippen molar-refractivity contribution in [1.29, 1.82) is 0 Å². The number of hydrogen-bond acceptors (Lipinski definition) is 6. The van der Waals surface area contributed by atoms with E-state index < -0.39 is 6.10 Å².